The van der Waals surface area contributed by atoms with Crippen LogP contribution in [0.1, 0.15) is 354 Å². The lowest BCUT2D eigenvalue weighted by Crippen LogP contribution is -2.45. The first-order chi connectivity index (χ1) is 34.0. The van der Waals surface area contributed by atoms with E-state index >= 15 is 0 Å². The molecular formula is C63H123NO5. The summed E-state index contributed by atoms with van der Waals surface area (Å²) < 4.78 is 5.48. The van der Waals surface area contributed by atoms with Crippen LogP contribution in [0.2, 0.25) is 0 Å². The maximum Gasteiger partial charge on any atom is 0.305 e. The Hall–Kier alpha value is -1.40. The average molecular weight is 975 g/mol. The molecule has 0 aliphatic carbocycles. The number of carbonyl (C=O) groups is 2. The number of ether oxygens (including phenoxy) is 1. The zero-order valence-corrected chi connectivity index (χ0v) is 46.8. The van der Waals surface area contributed by atoms with Gasteiger partial charge in [-0.05, 0) is 32.1 Å². The highest BCUT2D eigenvalue weighted by atomic mass is 16.5. The van der Waals surface area contributed by atoms with E-state index in [-0.39, 0.29) is 18.5 Å². The second-order valence-electron chi connectivity index (χ2n) is 21.8. The van der Waals surface area contributed by atoms with Crippen LogP contribution in [-0.4, -0.2) is 47.4 Å². The van der Waals surface area contributed by atoms with Crippen molar-refractivity contribution in [2.24, 2.45) is 0 Å². The maximum atomic E-state index is 12.5. The molecule has 0 aromatic rings. The number of aliphatic hydroxyl groups excluding tert-OH is 2. The van der Waals surface area contributed by atoms with Crippen LogP contribution in [0, 0.1) is 0 Å². The second-order valence-corrected chi connectivity index (χ2v) is 21.8. The minimum atomic E-state index is -0.855. The fraction of sp³-hybridized carbons (Fsp3) is 0.937. The molecular weight excluding hydrogens is 851 g/mol. The first-order valence-electron chi connectivity index (χ1n) is 31.5. The van der Waals surface area contributed by atoms with Gasteiger partial charge in [0.2, 0.25) is 5.91 Å². The Kier molecular flexibility index (Phi) is 58.0. The quantitative estimate of drug-likeness (QED) is 0.0321. The summed E-state index contributed by atoms with van der Waals surface area (Å²) in [6.07, 6.45) is 71.1. The molecule has 2 atom stereocenters. The Morgan fingerprint density at radius 1 is 0.391 bits per heavy atom. The second kappa shape index (κ2) is 59.2. The van der Waals surface area contributed by atoms with Crippen LogP contribution in [0.3, 0.4) is 0 Å². The number of aliphatic hydroxyl groups is 2. The molecule has 2 unspecified atom stereocenters. The summed E-state index contributed by atoms with van der Waals surface area (Å²) in [5.74, 6) is -0.0854. The van der Waals surface area contributed by atoms with E-state index in [2.05, 4.69) is 19.2 Å². The zero-order chi connectivity index (χ0) is 50.0. The lowest BCUT2D eigenvalue weighted by molar-refractivity contribution is -0.143. The minimum absolute atomic E-state index is 0.00662. The molecule has 0 saturated heterocycles. The van der Waals surface area contributed by atoms with E-state index in [0.29, 0.717) is 19.4 Å². The Bertz CT molecular complexity index is 1030. The number of nitrogens with one attached hydrogen (secondary N) is 1. The SMILES string of the molecule is CCCCCCCCCCCCCCCCCCCCCCCCC/C=C/C(O)C(CO)NC(=O)CCCCCCCCCCCCCCOC(=O)CCCCCCCCCCCCCCCCC. The molecule has 0 spiro atoms. The third-order valence-corrected chi connectivity index (χ3v) is 14.8. The van der Waals surface area contributed by atoms with Gasteiger partial charge in [-0.1, -0.05) is 321 Å². The highest BCUT2D eigenvalue weighted by molar-refractivity contribution is 5.76. The van der Waals surface area contributed by atoms with Crippen molar-refractivity contribution in [3.05, 3.63) is 12.2 Å². The molecule has 0 aromatic heterocycles. The van der Waals surface area contributed by atoms with Crippen molar-refractivity contribution in [3.63, 3.8) is 0 Å². The smallest absolute Gasteiger partial charge is 0.305 e. The van der Waals surface area contributed by atoms with Gasteiger partial charge in [-0.15, -0.1) is 0 Å². The van der Waals surface area contributed by atoms with Crippen LogP contribution in [0.15, 0.2) is 12.2 Å². The lowest BCUT2D eigenvalue weighted by atomic mass is 10.0. The molecule has 410 valence electrons. The van der Waals surface area contributed by atoms with Crippen molar-refractivity contribution in [2.75, 3.05) is 13.2 Å². The van der Waals surface area contributed by atoms with Gasteiger partial charge in [-0.25, -0.2) is 0 Å². The third-order valence-electron chi connectivity index (χ3n) is 14.8. The predicted molar refractivity (Wildman–Crippen MR) is 301 cm³/mol. The van der Waals surface area contributed by atoms with E-state index in [4.69, 9.17) is 4.74 Å². The zero-order valence-electron chi connectivity index (χ0n) is 46.8. The van der Waals surface area contributed by atoms with Gasteiger partial charge in [0.1, 0.15) is 0 Å². The summed E-state index contributed by atoms with van der Waals surface area (Å²) >= 11 is 0. The molecule has 69 heavy (non-hydrogen) atoms. The summed E-state index contributed by atoms with van der Waals surface area (Å²) in [6, 6.07) is -0.640. The lowest BCUT2D eigenvalue weighted by Gasteiger charge is -2.20. The number of rotatable bonds is 59. The van der Waals surface area contributed by atoms with Gasteiger partial charge in [-0.2, -0.15) is 0 Å². The highest BCUT2D eigenvalue weighted by Gasteiger charge is 2.18. The topological polar surface area (TPSA) is 95.9 Å². The Morgan fingerprint density at radius 3 is 0.986 bits per heavy atom. The number of hydrogen-bond donors (Lipinski definition) is 3. The molecule has 0 heterocycles. The van der Waals surface area contributed by atoms with E-state index < -0.39 is 12.1 Å². The Morgan fingerprint density at radius 2 is 0.667 bits per heavy atom. The third kappa shape index (κ3) is 55.8. The van der Waals surface area contributed by atoms with Gasteiger partial charge in [0.05, 0.1) is 25.4 Å². The summed E-state index contributed by atoms with van der Waals surface area (Å²) in [5, 5.41) is 23.2. The van der Waals surface area contributed by atoms with Crippen molar-refractivity contribution < 1.29 is 24.5 Å². The predicted octanol–water partition coefficient (Wildman–Crippen LogP) is 19.6. The van der Waals surface area contributed by atoms with Gasteiger partial charge in [-0.3, -0.25) is 9.59 Å². The fourth-order valence-corrected chi connectivity index (χ4v) is 9.99. The van der Waals surface area contributed by atoms with Crippen LogP contribution in [-0.2, 0) is 14.3 Å². The van der Waals surface area contributed by atoms with E-state index in [1.807, 2.05) is 6.08 Å². The first-order valence-corrected chi connectivity index (χ1v) is 31.5. The van der Waals surface area contributed by atoms with Crippen LogP contribution in [0.4, 0.5) is 0 Å². The molecule has 6 nitrogen and oxygen atoms in total. The van der Waals surface area contributed by atoms with Gasteiger partial charge in [0.15, 0.2) is 0 Å². The molecule has 1 amide bonds. The van der Waals surface area contributed by atoms with Gasteiger partial charge >= 0.3 is 5.97 Å². The van der Waals surface area contributed by atoms with E-state index in [1.54, 1.807) is 6.08 Å². The molecule has 0 aromatic carbocycles. The van der Waals surface area contributed by atoms with E-state index in [1.165, 1.54) is 270 Å². The molecule has 0 rings (SSSR count). The van der Waals surface area contributed by atoms with Crippen LogP contribution >= 0.6 is 0 Å². The summed E-state index contributed by atoms with van der Waals surface area (Å²) in [4.78, 5) is 24.6. The summed E-state index contributed by atoms with van der Waals surface area (Å²) in [7, 11) is 0. The minimum Gasteiger partial charge on any atom is -0.466 e. The van der Waals surface area contributed by atoms with Gasteiger partial charge in [0.25, 0.3) is 0 Å². The molecule has 3 N–H and O–H groups in total. The average Bonchev–Trinajstić information content (AvgIpc) is 3.35. The Balaban J connectivity index is 3.46. The van der Waals surface area contributed by atoms with Crippen molar-refractivity contribution >= 4 is 11.9 Å². The van der Waals surface area contributed by atoms with Gasteiger partial charge in [0, 0.05) is 12.8 Å². The number of hydrogen-bond acceptors (Lipinski definition) is 5. The number of amides is 1. The highest BCUT2D eigenvalue weighted by Crippen LogP contribution is 2.18. The first kappa shape index (κ1) is 67.6. The van der Waals surface area contributed by atoms with Crippen LogP contribution in [0.25, 0.3) is 0 Å². The molecule has 0 aliphatic heterocycles. The van der Waals surface area contributed by atoms with Crippen molar-refractivity contribution in [1.82, 2.24) is 5.32 Å². The van der Waals surface area contributed by atoms with E-state index in [0.717, 1.165) is 57.8 Å². The molecule has 0 radical (unpaired) electrons. The molecule has 0 aliphatic rings. The van der Waals surface area contributed by atoms with Crippen LogP contribution < -0.4 is 5.32 Å². The molecule has 0 saturated carbocycles. The number of carbonyl (C=O) groups excluding carboxylic acids is 2. The number of esters is 1. The monoisotopic (exact) mass is 974 g/mol. The maximum absolute atomic E-state index is 12.5. The molecule has 6 heteroatoms. The van der Waals surface area contributed by atoms with Crippen LogP contribution in [0.5, 0.6) is 0 Å². The standard InChI is InChI=1S/C63H123NO5/c1-3-5-7-9-11-13-15-17-19-20-21-22-23-24-25-26-27-28-30-31-35-39-43-47-51-55-61(66)60(59-65)64-62(67)56-52-48-44-40-36-33-34-38-42-46-50-54-58-69-63(68)57-53-49-45-41-37-32-29-18-16-14-12-10-8-6-4-2/h51,55,60-61,65-66H,3-50,52-54,56-59H2,1-2H3,(H,64,67)/b55-51+. The van der Waals surface area contributed by atoms with Crippen molar-refractivity contribution in [1.29, 1.82) is 0 Å². The fourth-order valence-electron chi connectivity index (χ4n) is 9.99. The largest absolute Gasteiger partial charge is 0.466 e. The normalized spacial score (nSPS) is 12.6. The molecule has 0 bridgehead atoms. The van der Waals surface area contributed by atoms with E-state index in [9.17, 15) is 19.8 Å². The van der Waals surface area contributed by atoms with Crippen molar-refractivity contribution in [2.45, 2.75) is 366 Å². The number of allylic oxidation sites excluding steroid dienone is 1. The number of unbranched alkanes of at least 4 members (excludes halogenated alkanes) is 48. The van der Waals surface area contributed by atoms with Crippen molar-refractivity contribution in [3.8, 4) is 0 Å². The summed E-state index contributed by atoms with van der Waals surface area (Å²) in [5.41, 5.74) is 0. The Labute approximate surface area is 431 Å². The van der Waals surface area contributed by atoms with Gasteiger partial charge < -0.3 is 20.3 Å². The molecule has 0 fully saturated rings. The summed E-state index contributed by atoms with van der Waals surface area (Å²) in [6.45, 7) is 4.91.